The molecule has 1 atom stereocenters. The van der Waals surface area contributed by atoms with Gasteiger partial charge >= 0.3 is 5.97 Å². The maximum Gasteiger partial charge on any atom is 0.319 e. The van der Waals surface area contributed by atoms with Crippen molar-refractivity contribution in [2.45, 2.75) is 23.8 Å². The second-order valence-electron chi connectivity index (χ2n) is 5.85. The Kier molecular flexibility index (Phi) is 5.06. The van der Waals surface area contributed by atoms with Gasteiger partial charge in [0.15, 0.2) is 11.0 Å². The zero-order valence-corrected chi connectivity index (χ0v) is 15.6. The van der Waals surface area contributed by atoms with E-state index >= 15 is 0 Å². The number of carbonyl (C=O) groups is 1. The molecule has 1 fully saturated rings. The molecule has 1 aliphatic heterocycles. The van der Waals surface area contributed by atoms with Crippen LogP contribution in [0.2, 0.25) is 0 Å². The Morgan fingerprint density at radius 3 is 2.89 bits per heavy atom. The molecule has 8 heteroatoms. The van der Waals surface area contributed by atoms with E-state index in [1.165, 1.54) is 11.8 Å². The lowest BCUT2D eigenvalue weighted by atomic mass is 10.2. The lowest BCUT2D eigenvalue weighted by Gasteiger charge is -2.15. The molecule has 1 aromatic carbocycles. The minimum Gasteiger partial charge on any atom is -0.492 e. The van der Waals surface area contributed by atoms with Crippen LogP contribution in [-0.2, 0) is 9.53 Å². The van der Waals surface area contributed by atoms with Crippen molar-refractivity contribution in [1.29, 1.82) is 0 Å². The Labute approximate surface area is 160 Å². The molecule has 0 bridgehead atoms. The summed E-state index contributed by atoms with van der Waals surface area (Å²) >= 11 is 1.36. The second-order valence-corrected chi connectivity index (χ2v) is 7.02. The average molecular weight is 382 g/mol. The van der Waals surface area contributed by atoms with Gasteiger partial charge in [-0.05, 0) is 31.2 Å². The molecule has 7 nitrogen and oxygen atoms in total. The first kappa shape index (κ1) is 17.5. The van der Waals surface area contributed by atoms with Crippen molar-refractivity contribution in [2.75, 3.05) is 13.2 Å². The van der Waals surface area contributed by atoms with Gasteiger partial charge in [0.2, 0.25) is 0 Å². The molecular weight excluding hydrogens is 364 g/mol. The Bertz CT molecular complexity index is 945. The fourth-order valence-corrected chi connectivity index (χ4v) is 3.89. The number of carbonyl (C=O) groups excluding carboxylic acids is 1. The van der Waals surface area contributed by atoms with E-state index in [4.69, 9.17) is 9.47 Å². The fraction of sp³-hybridized carbons (Fsp3) is 0.263. The number of rotatable bonds is 6. The summed E-state index contributed by atoms with van der Waals surface area (Å²) in [5.41, 5.74) is 1.65. The third-order valence-electron chi connectivity index (χ3n) is 4.09. The van der Waals surface area contributed by atoms with Crippen LogP contribution in [0, 0.1) is 0 Å². The predicted octanol–water partition coefficient (Wildman–Crippen LogP) is 3.14. The molecule has 0 aliphatic carbocycles. The summed E-state index contributed by atoms with van der Waals surface area (Å²) in [6.07, 6.45) is 4.11. The van der Waals surface area contributed by atoms with Gasteiger partial charge in [-0.15, -0.1) is 10.2 Å². The van der Waals surface area contributed by atoms with Crippen LogP contribution in [0.4, 0.5) is 0 Å². The van der Waals surface area contributed by atoms with E-state index in [-0.39, 0.29) is 11.2 Å². The minimum atomic E-state index is -0.283. The first-order valence-electron chi connectivity index (χ1n) is 8.69. The Balaban J connectivity index is 1.84. The smallest absolute Gasteiger partial charge is 0.319 e. The summed E-state index contributed by atoms with van der Waals surface area (Å²) in [4.78, 5) is 16.1. The van der Waals surface area contributed by atoms with Gasteiger partial charge in [-0.2, -0.15) is 0 Å². The van der Waals surface area contributed by atoms with E-state index in [2.05, 4.69) is 15.2 Å². The molecule has 0 radical (unpaired) electrons. The number of benzene rings is 1. The molecule has 27 heavy (non-hydrogen) atoms. The zero-order valence-electron chi connectivity index (χ0n) is 14.7. The molecule has 0 spiro atoms. The van der Waals surface area contributed by atoms with Crippen LogP contribution in [0.15, 0.2) is 53.9 Å². The standard InChI is InChI=1S/C19H18N4O3S/c1-2-25-15-8-4-3-7-14(15)23-17(13-6-5-10-20-12-13)21-22-19(23)27-16-9-11-26-18(16)24/h3-8,10,12,16H,2,9,11H2,1H3. The highest BCUT2D eigenvalue weighted by Crippen LogP contribution is 2.35. The monoisotopic (exact) mass is 382 g/mol. The van der Waals surface area contributed by atoms with Crippen molar-refractivity contribution in [3.8, 4) is 22.8 Å². The number of nitrogens with zero attached hydrogens (tertiary/aromatic N) is 4. The van der Waals surface area contributed by atoms with Crippen molar-refractivity contribution < 1.29 is 14.3 Å². The van der Waals surface area contributed by atoms with E-state index in [9.17, 15) is 4.79 Å². The van der Waals surface area contributed by atoms with Crippen LogP contribution in [0.5, 0.6) is 5.75 Å². The number of thioether (sulfide) groups is 1. The van der Waals surface area contributed by atoms with Gasteiger partial charge < -0.3 is 9.47 Å². The second kappa shape index (κ2) is 7.79. The predicted molar refractivity (Wildman–Crippen MR) is 101 cm³/mol. The lowest BCUT2D eigenvalue weighted by Crippen LogP contribution is -2.11. The largest absolute Gasteiger partial charge is 0.492 e. The molecule has 1 unspecified atom stereocenters. The van der Waals surface area contributed by atoms with Crippen LogP contribution >= 0.6 is 11.8 Å². The highest BCUT2D eigenvalue weighted by Gasteiger charge is 2.31. The maximum atomic E-state index is 11.9. The number of para-hydroxylation sites is 2. The quantitative estimate of drug-likeness (QED) is 0.606. The topological polar surface area (TPSA) is 79.1 Å². The first-order chi connectivity index (χ1) is 13.3. The molecule has 1 saturated heterocycles. The number of hydrogen-bond donors (Lipinski definition) is 0. The number of ether oxygens (including phenoxy) is 2. The van der Waals surface area contributed by atoms with Gasteiger partial charge in [0.25, 0.3) is 0 Å². The molecule has 4 rings (SSSR count). The van der Waals surface area contributed by atoms with Crippen molar-refractivity contribution in [1.82, 2.24) is 19.7 Å². The summed E-state index contributed by atoms with van der Waals surface area (Å²) in [6, 6.07) is 11.5. The Hall–Kier alpha value is -2.87. The number of aromatic nitrogens is 4. The van der Waals surface area contributed by atoms with Gasteiger partial charge in [-0.1, -0.05) is 23.9 Å². The summed E-state index contributed by atoms with van der Waals surface area (Å²) in [5, 5.41) is 9.06. The fourth-order valence-electron chi connectivity index (χ4n) is 2.88. The normalized spacial score (nSPS) is 16.3. The maximum absolute atomic E-state index is 11.9. The van der Waals surface area contributed by atoms with E-state index in [1.54, 1.807) is 12.4 Å². The summed E-state index contributed by atoms with van der Waals surface area (Å²) in [5.74, 6) is 1.15. The molecule has 2 aromatic heterocycles. The number of cyclic esters (lactones) is 1. The van der Waals surface area contributed by atoms with E-state index < -0.39 is 0 Å². The van der Waals surface area contributed by atoms with Crippen LogP contribution in [0.1, 0.15) is 13.3 Å². The average Bonchev–Trinajstić information content (AvgIpc) is 3.30. The van der Waals surface area contributed by atoms with Crippen molar-refractivity contribution in [3.63, 3.8) is 0 Å². The summed E-state index contributed by atoms with van der Waals surface area (Å²) in [7, 11) is 0. The van der Waals surface area contributed by atoms with E-state index in [0.717, 1.165) is 17.0 Å². The van der Waals surface area contributed by atoms with Gasteiger partial charge in [-0.25, -0.2) is 0 Å². The molecule has 3 aromatic rings. The summed E-state index contributed by atoms with van der Waals surface area (Å²) < 4.78 is 12.8. The Morgan fingerprint density at radius 2 is 2.15 bits per heavy atom. The number of hydrogen-bond acceptors (Lipinski definition) is 7. The van der Waals surface area contributed by atoms with Gasteiger partial charge in [0.05, 0.1) is 18.9 Å². The number of esters is 1. The molecule has 0 amide bonds. The third kappa shape index (κ3) is 3.52. The van der Waals surface area contributed by atoms with Gasteiger partial charge in [0.1, 0.15) is 11.0 Å². The summed E-state index contributed by atoms with van der Waals surface area (Å²) in [6.45, 7) is 2.92. The van der Waals surface area contributed by atoms with Crippen LogP contribution in [-0.4, -0.2) is 44.2 Å². The van der Waals surface area contributed by atoms with E-state index in [0.29, 0.717) is 30.6 Å². The van der Waals surface area contributed by atoms with E-state index in [1.807, 2.05) is 47.9 Å². The SMILES string of the molecule is CCOc1ccccc1-n1c(SC2CCOC2=O)nnc1-c1cccnc1. The van der Waals surface area contributed by atoms with Crippen molar-refractivity contribution in [3.05, 3.63) is 48.8 Å². The highest BCUT2D eigenvalue weighted by atomic mass is 32.2. The lowest BCUT2D eigenvalue weighted by molar-refractivity contribution is -0.137. The van der Waals surface area contributed by atoms with Crippen molar-refractivity contribution >= 4 is 17.7 Å². The third-order valence-corrected chi connectivity index (χ3v) is 5.28. The highest BCUT2D eigenvalue weighted by molar-refractivity contribution is 8.00. The minimum absolute atomic E-state index is 0.212. The first-order valence-corrected chi connectivity index (χ1v) is 9.57. The van der Waals surface area contributed by atoms with Crippen molar-refractivity contribution in [2.24, 2.45) is 0 Å². The molecule has 138 valence electrons. The number of pyridine rings is 1. The molecule has 0 N–H and O–H groups in total. The van der Waals surface area contributed by atoms with Crippen LogP contribution in [0.25, 0.3) is 17.1 Å². The molecule has 0 saturated carbocycles. The van der Waals surface area contributed by atoms with Gasteiger partial charge in [-0.3, -0.25) is 14.3 Å². The van der Waals surface area contributed by atoms with Crippen LogP contribution in [0.3, 0.4) is 0 Å². The molecular formula is C19H18N4O3S. The van der Waals surface area contributed by atoms with Gasteiger partial charge in [0, 0.05) is 24.4 Å². The molecule has 1 aliphatic rings. The molecule has 3 heterocycles. The zero-order chi connectivity index (χ0) is 18.6. The van der Waals surface area contributed by atoms with Crippen LogP contribution < -0.4 is 4.74 Å². The Morgan fingerprint density at radius 1 is 1.26 bits per heavy atom.